The van der Waals surface area contributed by atoms with E-state index in [0.717, 1.165) is 17.7 Å². The van der Waals surface area contributed by atoms with Crippen LogP contribution in [0.3, 0.4) is 0 Å². The van der Waals surface area contributed by atoms with Crippen molar-refractivity contribution < 1.29 is 9.15 Å². The van der Waals surface area contributed by atoms with Gasteiger partial charge >= 0.3 is 0 Å². The summed E-state index contributed by atoms with van der Waals surface area (Å²) in [5.74, 6) is 1.91. The molecular formula is C21H21N3O2. The molecule has 0 saturated heterocycles. The molecule has 5 heteroatoms. The van der Waals surface area contributed by atoms with E-state index in [1.54, 1.807) is 7.11 Å². The Bertz CT molecular complexity index is 880. The summed E-state index contributed by atoms with van der Waals surface area (Å²) in [4.78, 5) is 4.30. The van der Waals surface area contributed by atoms with Crippen molar-refractivity contribution in [1.82, 2.24) is 4.98 Å². The second kappa shape index (κ2) is 8.21. The molecule has 0 aliphatic rings. The van der Waals surface area contributed by atoms with Gasteiger partial charge in [-0.15, -0.1) is 0 Å². The standard InChI is InChI=1S/C21H21N3O2/c1-3-15(16-7-5-4-6-8-16)14-23-21-19(13-22)24-20(26-21)17-9-11-18(25-2)12-10-17/h4-12,15,23H,3,14H2,1-2H3/t15-/m0/s1. The minimum Gasteiger partial charge on any atom is -0.497 e. The molecule has 3 aromatic rings. The molecule has 0 unspecified atom stereocenters. The largest absolute Gasteiger partial charge is 0.497 e. The van der Waals surface area contributed by atoms with E-state index in [1.165, 1.54) is 5.56 Å². The first kappa shape index (κ1) is 17.6. The molecular weight excluding hydrogens is 326 g/mol. The van der Waals surface area contributed by atoms with Crippen LogP contribution in [0.2, 0.25) is 0 Å². The van der Waals surface area contributed by atoms with Crippen molar-refractivity contribution in [3.05, 3.63) is 65.9 Å². The molecule has 132 valence electrons. The molecule has 26 heavy (non-hydrogen) atoms. The van der Waals surface area contributed by atoms with E-state index in [-0.39, 0.29) is 5.69 Å². The molecule has 1 heterocycles. The van der Waals surface area contributed by atoms with Gasteiger partial charge in [-0.1, -0.05) is 37.3 Å². The zero-order valence-corrected chi connectivity index (χ0v) is 14.9. The maximum absolute atomic E-state index is 9.37. The zero-order chi connectivity index (χ0) is 18.4. The third-order valence-corrected chi connectivity index (χ3v) is 4.34. The predicted octanol–water partition coefficient (Wildman–Crippen LogP) is 4.83. The van der Waals surface area contributed by atoms with Crippen molar-refractivity contribution in [2.24, 2.45) is 0 Å². The van der Waals surface area contributed by atoms with Crippen LogP contribution in [0.25, 0.3) is 11.5 Å². The summed E-state index contributed by atoms with van der Waals surface area (Å²) >= 11 is 0. The van der Waals surface area contributed by atoms with Gasteiger partial charge in [0.2, 0.25) is 17.5 Å². The SMILES string of the molecule is CC[C@@H](CNc1oc(-c2ccc(OC)cc2)nc1C#N)c1ccccc1. The molecule has 0 saturated carbocycles. The summed E-state index contributed by atoms with van der Waals surface area (Å²) in [6.45, 7) is 2.82. The fourth-order valence-electron chi connectivity index (χ4n) is 2.81. The van der Waals surface area contributed by atoms with Gasteiger partial charge in [-0.3, -0.25) is 0 Å². The molecule has 1 atom stereocenters. The smallest absolute Gasteiger partial charge is 0.232 e. The van der Waals surface area contributed by atoms with Crippen LogP contribution in [-0.4, -0.2) is 18.6 Å². The number of aromatic nitrogens is 1. The van der Waals surface area contributed by atoms with Gasteiger partial charge in [-0.05, 0) is 36.2 Å². The number of ether oxygens (including phenoxy) is 1. The number of nitriles is 1. The van der Waals surface area contributed by atoms with Crippen LogP contribution in [-0.2, 0) is 0 Å². The first-order valence-corrected chi connectivity index (χ1v) is 8.59. The number of hydrogen-bond acceptors (Lipinski definition) is 5. The zero-order valence-electron chi connectivity index (χ0n) is 14.9. The third-order valence-electron chi connectivity index (χ3n) is 4.34. The van der Waals surface area contributed by atoms with Crippen LogP contribution in [0.1, 0.15) is 30.5 Å². The minimum absolute atomic E-state index is 0.263. The second-order valence-electron chi connectivity index (χ2n) is 5.93. The Hall–Kier alpha value is -3.26. The fraction of sp³-hybridized carbons (Fsp3) is 0.238. The van der Waals surface area contributed by atoms with Crippen molar-refractivity contribution in [3.8, 4) is 23.3 Å². The molecule has 0 radical (unpaired) electrons. The number of anilines is 1. The Kier molecular flexibility index (Phi) is 5.55. The highest BCUT2D eigenvalue weighted by atomic mass is 16.5. The van der Waals surface area contributed by atoms with Crippen LogP contribution in [0.5, 0.6) is 5.75 Å². The lowest BCUT2D eigenvalue weighted by Crippen LogP contribution is -2.12. The highest BCUT2D eigenvalue weighted by Crippen LogP contribution is 2.28. The number of nitrogens with one attached hydrogen (secondary N) is 1. The normalized spacial score (nSPS) is 11.6. The molecule has 3 rings (SSSR count). The molecule has 0 spiro atoms. The van der Waals surface area contributed by atoms with Gasteiger partial charge in [0.05, 0.1) is 7.11 Å². The first-order chi connectivity index (χ1) is 12.7. The monoisotopic (exact) mass is 347 g/mol. The number of hydrogen-bond donors (Lipinski definition) is 1. The molecule has 0 amide bonds. The van der Waals surface area contributed by atoms with Crippen molar-refractivity contribution in [2.45, 2.75) is 19.3 Å². The molecule has 1 N–H and O–H groups in total. The fourth-order valence-corrected chi connectivity index (χ4v) is 2.81. The average Bonchev–Trinajstić information content (AvgIpc) is 3.12. The lowest BCUT2D eigenvalue weighted by molar-refractivity contribution is 0.415. The second-order valence-corrected chi connectivity index (χ2v) is 5.93. The lowest BCUT2D eigenvalue weighted by atomic mass is 9.96. The maximum Gasteiger partial charge on any atom is 0.232 e. The van der Waals surface area contributed by atoms with E-state index < -0.39 is 0 Å². The van der Waals surface area contributed by atoms with Crippen LogP contribution >= 0.6 is 0 Å². The van der Waals surface area contributed by atoms with E-state index in [4.69, 9.17) is 9.15 Å². The molecule has 5 nitrogen and oxygen atoms in total. The first-order valence-electron chi connectivity index (χ1n) is 8.59. The Labute approximate surface area is 153 Å². The minimum atomic E-state index is 0.263. The van der Waals surface area contributed by atoms with Crippen molar-refractivity contribution in [3.63, 3.8) is 0 Å². The van der Waals surface area contributed by atoms with E-state index in [1.807, 2.05) is 42.5 Å². The van der Waals surface area contributed by atoms with Crippen molar-refractivity contribution in [1.29, 1.82) is 5.26 Å². The molecule has 2 aromatic carbocycles. The lowest BCUT2D eigenvalue weighted by Gasteiger charge is -2.15. The van der Waals surface area contributed by atoms with Gasteiger partial charge < -0.3 is 14.5 Å². The summed E-state index contributed by atoms with van der Waals surface area (Å²) in [5, 5.41) is 12.6. The van der Waals surface area contributed by atoms with Gasteiger partial charge in [0.15, 0.2) is 0 Å². The topological polar surface area (TPSA) is 71.1 Å². The van der Waals surface area contributed by atoms with Gasteiger partial charge in [0, 0.05) is 18.0 Å². The highest BCUT2D eigenvalue weighted by molar-refractivity contribution is 5.59. The molecule has 0 aliphatic carbocycles. The number of benzene rings is 2. The van der Waals surface area contributed by atoms with E-state index >= 15 is 0 Å². The molecule has 0 bridgehead atoms. The van der Waals surface area contributed by atoms with Gasteiger partial charge in [0.1, 0.15) is 11.8 Å². The Morgan fingerprint density at radius 2 is 1.88 bits per heavy atom. The Morgan fingerprint density at radius 3 is 2.50 bits per heavy atom. The Morgan fingerprint density at radius 1 is 1.15 bits per heavy atom. The predicted molar refractivity (Wildman–Crippen MR) is 101 cm³/mol. The maximum atomic E-state index is 9.37. The van der Waals surface area contributed by atoms with Gasteiger partial charge in [-0.25, -0.2) is 0 Å². The number of oxazole rings is 1. The van der Waals surface area contributed by atoms with Gasteiger partial charge in [-0.2, -0.15) is 10.2 Å². The number of nitrogens with zero attached hydrogens (tertiary/aromatic N) is 2. The summed E-state index contributed by atoms with van der Waals surface area (Å²) < 4.78 is 11.0. The van der Waals surface area contributed by atoms with Crippen LogP contribution < -0.4 is 10.1 Å². The highest BCUT2D eigenvalue weighted by Gasteiger charge is 2.16. The van der Waals surface area contributed by atoms with Gasteiger partial charge in [0.25, 0.3) is 0 Å². The summed E-state index contributed by atoms with van der Waals surface area (Å²) in [7, 11) is 1.62. The van der Waals surface area contributed by atoms with E-state index in [0.29, 0.717) is 24.2 Å². The molecule has 1 aromatic heterocycles. The summed E-state index contributed by atoms with van der Waals surface area (Å²) in [6.07, 6.45) is 0.984. The van der Waals surface area contributed by atoms with Crippen molar-refractivity contribution in [2.75, 3.05) is 19.0 Å². The van der Waals surface area contributed by atoms with Crippen LogP contribution in [0.15, 0.2) is 59.0 Å². The van der Waals surface area contributed by atoms with E-state index in [9.17, 15) is 5.26 Å². The molecule has 0 fully saturated rings. The van der Waals surface area contributed by atoms with Crippen molar-refractivity contribution >= 4 is 5.88 Å². The van der Waals surface area contributed by atoms with Crippen LogP contribution in [0, 0.1) is 11.3 Å². The quantitative estimate of drug-likeness (QED) is 0.663. The number of rotatable bonds is 7. The van der Waals surface area contributed by atoms with Crippen LogP contribution in [0.4, 0.5) is 5.88 Å². The summed E-state index contributed by atoms with van der Waals surface area (Å²) in [6, 6.07) is 19.8. The third kappa shape index (κ3) is 3.86. The Balaban J connectivity index is 1.77. The summed E-state index contributed by atoms with van der Waals surface area (Å²) in [5.41, 5.74) is 2.32. The molecule has 0 aliphatic heterocycles. The van der Waals surface area contributed by atoms with E-state index in [2.05, 4.69) is 35.4 Å². The average molecular weight is 347 g/mol. The number of methoxy groups -OCH3 is 1.